The highest BCUT2D eigenvalue weighted by Gasteiger charge is 2.43. The lowest BCUT2D eigenvalue weighted by Crippen LogP contribution is -2.35. The molecule has 0 saturated carbocycles. The highest BCUT2D eigenvalue weighted by atomic mass is 35.5. The van der Waals surface area contributed by atoms with Gasteiger partial charge in [-0.3, -0.25) is 4.79 Å². The summed E-state index contributed by atoms with van der Waals surface area (Å²) in [5.41, 5.74) is 5.15. The molecule has 1 atom stereocenters. The molecule has 5 rings (SSSR count). The van der Waals surface area contributed by atoms with E-state index in [9.17, 15) is 13.6 Å². The number of benzene rings is 3. The maximum absolute atomic E-state index is 13.5. The van der Waals surface area contributed by atoms with Crippen LogP contribution in [0.1, 0.15) is 21.6 Å². The van der Waals surface area contributed by atoms with Crippen molar-refractivity contribution in [3.05, 3.63) is 93.3 Å². The van der Waals surface area contributed by atoms with Crippen molar-refractivity contribution in [1.29, 1.82) is 0 Å². The molecule has 6 nitrogen and oxygen atoms in total. The van der Waals surface area contributed by atoms with Crippen LogP contribution >= 0.6 is 22.9 Å². The molecule has 0 radical (unpaired) electrons. The van der Waals surface area contributed by atoms with Crippen molar-refractivity contribution >= 4 is 50.1 Å². The van der Waals surface area contributed by atoms with Crippen molar-refractivity contribution in [3.63, 3.8) is 0 Å². The topological polar surface area (TPSA) is 82.5 Å². The molecule has 9 heteroatoms. The summed E-state index contributed by atoms with van der Waals surface area (Å²) < 4.78 is 26.1. The zero-order chi connectivity index (χ0) is 25.4. The molecule has 2 heterocycles. The summed E-state index contributed by atoms with van der Waals surface area (Å²) in [4.78, 5) is 18.6. The first-order valence-electron chi connectivity index (χ1n) is 11.5. The third-order valence-electron chi connectivity index (χ3n) is 6.21. The standard InChI is InChI=1S/C27H24ClN3O3S2/c1-17-5-3-4-6-24(17)36(33,34)31-14-13-20-16-21(9-12-23(20)31)26-18(2)35-27(30-26)29-25(32)15-19-7-10-22(28)11-8-19/h3-12,16H,13-15H2,1-2H3,(H-,29,30,32,33,34)/p+1. The largest absolute Gasteiger partial charge is 0.348 e. The predicted octanol–water partition coefficient (Wildman–Crippen LogP) is 6.57. The second kappa shape index (κ2) is 9.78. The zero-order valence-electron chi connectivity index (χ0n) is 19.8. The van der Waals surface area contributed by atoms with E-state index in [1.54, 1.807) is 28.6 Å². The minimum Gasteiger partial charge on any atom is -0.302 e. The van der Waals surface area contributed by atoms with E-state index in [0.29, 0.717) is 28.0 Å². The average Bonchev–Trinajstić information content (AvgIpc) is 3.43. The van der Waals surface area contributed by atoms with Gasteiger partial charge in [0.05, 0.1) is 24.3 Å². The van der Waals surface area contributed by atoms with Crippen molar-refractivity contribution in [2.45, 2.75) is 31.6 Å². The van der Waals surface area contributed by atoms with Crippen LogP contribution in [0.2, 0.25) is 5.02 Å². The third-order valence-corrected chi connectivity index (χ3v) is 9.35. The molecule has 0 fully saturated rings. The number of thiazole rings is 1. The van der Waals surface area contributed by atoms with Gasteiger partial charge in [-0.25, -0.2) is 4.98 Å². The van der Waals surface area contributed by atoms with Crippen LogP contribution in [-0.2, 0) is 32.2 Å². The Balaban J connectivity index is 1.35. The van der Waals surface area contributed by atoms with Crippen molar-refractivity contribution in [1.82, 2.24) is 4.98 Å². The van der Waals surface area contributed by atoms with Gasteiger partial charge in [0.15, 0.2) is 5.13 Å². The Bertz CT molecular complexity index is 1500. The second-order valence-corrected chi connectivity index (χ2v) is 12.2. The van der Waals surface area contributed by atoms with E-state index in [-0.39, 0.29) is 12.3 Å². The number of carbonyl (C=O) groups excluding carboxylic acids is 1. The second-order valence-electron chi connectivity index (χ2n) is 8.73. The summed E-state index contributed by atoms with van der Waals surface area (Å²) in [6.45, 7) is 4.28. The quantitative estimate of drug-likeness (QED) is 0.272. The number of nitrogens with one attached hydrogen (secondary N) is 1. The Morgan fingerprint density at radius 3 is 2.64 bits per heavy atom. The molecule has 36 heavy (non-hydrogen) atoms. The molecule has 1 aromatic heterocycles. The molecule has 1 aliphatic heterocycles. The molecular formula is C27H25ClN3O3S2+. The number of fused-ring (bicyclic) bond motifs is 1. The summed E-state index contributed by atoms with van der Waals surface area (Å²) >= 11 is 7.34. The van der Waals surface area contributed by atoms with Gasteiger partial charge in [0.2, 0.25) is 10.8 Å². The van der Waals surface area contributed by atoms with Crippen molar-refractivity contribution in [2.75, 3.05) is 16.2 Å². The number of carbonyl (C=O) groups is 1. The fraction of sp³-hybridized carbons (Fsp3) is 0.185. The van der Waals surface area contributed by atoms with E-state index >= 15 is 0 Å². The van der Waals surface area contributed by atoms with E-state index in [0.717, 1.165) is 38.5 Å². The molecule has 184 valence electrons. The minimum absolute atomic E-state index is 0.142. The summed E-state index contributed by atoms with van der Waals surface area (Å²) in [6, 6.07) is 20.3. The highest BCUT2D eigenvalue weighted by molar-refractivity contribution is 7.99. The number of hydrogen-bond donors (Lipinski definition) is 2. The molecule has 0 saturated heterocycles. The first-order chi connectivity index (χ1) is 17.2. The van der Waals surface area contributed by atoms with Gasteiger partial charge in [-0.15, -0.1) is 11.3 Å². The van der Waals surface area contributed by atoms with Crippen molar-refractivity contribution < 1.29 is 13.6 Å². The summed E-state index contributed by atoms with van der Waals surface area (Å²) in [6.07, 6.45) is 0.904. The van der Waals surface area contributed by atoms with Crippen LogP contribution in [0.3, 0.4) is 0 Å². The van der Waals surface area contributed by atoms with E-state index in [1.165, 1.54) is 11.3 Å². The Kier molecular flexibility index (Phi) is 6.70. The number of amides is 1. The molecule has 3 aromatic carbocycles. The van der Waals surface area contributed by atoms with Gasteiger partial charge >= 0.3 is 10.4 Å². The maximum Gasteiger partial charge on any atom is 0.348 e. The van der Waals surface area contributed by atoms with Crippen LogP contribution in [0, 0.1) is 13.8 Å². The minimum atomic E-state index is -3.39. The first kappa shape index (κ1) is 24.6. The maximum atomic E-state index is 13.5. The fourth-order valence-corrected chi connectivity index (χ4v) is 7.16. The first-order valence-corrected chi connectivity index (χ1v) is 14.1. The Hall–Kier alpha value is -3.04. The van der Waals surface area contributed by atoms with Crippen LogP contribution in [0.25, 0.3) is 11.3 Å². The average molecular weight is 539 g/mol. The molecule has 1 aliphatic rings. The fourth-order valence-electron chi connectivity index (χ4n) is 4.42. The van der Waals surface area contributed by atoms with E-state index in [2.05, 4.69) is 10.3 Å². The summed E-state index contributed by atoms with van der Waals surface area (Å²) in [7, 11) is -3.39. The number of anilines is 2. The zero-order valence-corrected chi connectivity index (χ0v) is 22.2. The lowest BCUT2D eigenvalue weighted by atomic mass is 10.1. The molecule has 1 unspecified atom stereocenters. The van der Waals surface area contributed by atoms with Crippen molar-refractivity contribution in [3.8, 4) is 11.3 Å². The molecule has 0 spiro atoms. The van der Waals surface area contributed by atoms with E-state index in [1.807, 2.05) is 56.3 Å². The lowest BCUT2D eigenvalue weighted by molar-refractivity contribution is -0.115. The predicted molar refractivity (Wildman–Crippen MR) is 147 cm³/mol. The number of nitrogens with zero attached hydrogens (tertiary/aromatic N) is 2. The summed E-state index contributed by atoms with van der Waals surface area (Å²) in [5, 5.41) is 4.07. The van der Waals surface area contributed by atoms with E-state index < -0.39 is 10.4 Å². The van der Waals surface area contributed by atoms with Gasteiger partial charge in [0, 0.05) is 21.0 Å². The number of rotatable bonds is 6. The number of hydrogen-bond acceptors (Lipinski definition) is 4. The molecule has 0 bridgehead atoms. The van der Waals surface area contributed by atoms with Crippen LogP contribution < -0.4 is 9.62 Å². The number of aromatic nitrogens is 1. The molecular weight excluding hydrogens is 514 g/mol. The van der Waals surface area contributed by atoms with Crippen LogP contribution in [0.5, 0.6) is 0 Å². The SMILES string of the molecule is Cc1ccccc1[S+](=O)(O)N1CCc2cc(-c3nc(NC(=O)Cc4ccc(Cl)cc4)sc3C)ccc21. The highest BCUT2D eigenvalue weighted by Crippen LogP contribution is 2.39. The normalized spacial score (nSPS) is 14.4. The van der Waals surface area contributed by atoms with Gasteiger partial charge in [0.1, 0.15) is 0 Å². The van der Waals surface area contributed by atoms with Crippen LogP contribution in [0.4, 0.5) is 10.8 Å². The van der Waals surface area contributed by atoms with Gasteiger partial charge in [-0.05, 0) is 65.9 Å². The van der Waals surface area contributed by atoms with Crippen LogP contribution in [0.15, 0.2) is 71.6 Å². The third kappa shape index (κ3) is 4.82. The molecule has 2 N–H and O–H groups in total. The van der Waals surface area contributed by atoms with E-state index in [4.69, 9.17) is 11.6 Å². The molecule has 4 aromatic rings. The Morgan fingerprint density at radius 2 is 1.89 bits per heavy atom. The summed E-state index contributed by atoms with van der Waals surface area (Å²) in [5.74, 6) is -0.142. The van der Waals surface area contributed by atoms with Gasteiger partial charge in [0.25, 0.3) is 0 Å². The monoisotopic (exact) mass is 538 g/mol. The molecule has 0 aliphatic carbocycles. The van der Waals surface area contributed by atoms with Gasteiger partial charge < -0.3 is 5.32 Å². The molecule has 1 amide bonds. The van der Waals surface area contributed by atoms with Gasteiger partial charge in [-0.2, -0.15) is 8.86 Å². The van der Waals surface area contributed by atoms with Gasteiger partial charge in [-0.1, -0.05) is 48.0 Å². The smallest absolute Gasteiger partial charge is 0.302 e. The lowest BCUT2D eigenvalue weighted by Gasteiger charge is -2.18. The number of halogens is 1. The number of aryl methyl sites for hydroxylation is 2. The Labute approximate surface area is 220 Å². The van der Waals surface area contributed by atoms with Crippen molar-refractivity contribution in [2.24, 2.45) is 0 Å². The van der Waals surface area contributed by atoms with Crippen LogP contribution in [-0.4, -0.2) is 22.0 Å². The Morgan fingerprint density at radius 1 is 1.14 bits per heavy atom.